The minimum atomic E-state index is -0.438. The molecule has 1 aromatic rings. The average Bonchev–Trinajstić information content (AvgIpc) is 2.38. The smallest absolute Gasteiger partial charge is 0.271 e. The minimum Gasteiger partial charge on any atom is -0.366 e. The van der Waals surface area contributed by atoms with Crippen molar-refractivity contribution in [3.63, 3.8) is 0 Å². The van der Waals surface area contributed by atoms with Crippen LogP contribution in [0.1, 0.15) is 19.3 Å². The number of anilines is 1. The van der Waals surface area contributed by atoms with E-state index >= 15 is 0 Å². The number of nitro benzene ring substituents is 1. The van der Waals surface area contributed by atoms with Crippen molar-refractivity contribution >= 4 is 23.0 Å². The maximum absolute atomic E-state index is 10.7. The number of nitrogens with two attached hydrogens (primary N) is 1. The summed E-state index contributed by atoms with van der Waals surface area (Å²) < 4.78 is 0. The largest absolute Gasteiger partial charge is 0.366 e. The van der Waals surface area contributed by atoms with E-state index in [9.17, 15) is 10.1 Å². The molecule has 0 aromatic heterocycles. The number of rotatable bonds is 3. The Labute approximate surface area is 111 Å². The molecule has 5 nitrogen and oxygen atoms in total. The maximum atomic E-state index is 10.7. The van der Waals surface area contributed by atoms with Gasteiger partial charge in [-0.05, 0) is 25.3 Å². The normalized spacial score (nSPS) is 19.9. The number of nitro groups is 1. The van der Waals surface area contributed by atoms with Crippen LogP contribution in [0.5, 0.6) is 0 Å². The van der Waals surface area contributed by atoms with Crippen molar-refractivity contribution in [1.82, 2.24) is 0 Å². The van der Waals surface area contributed by atoms with E-state index in [0.29, 0.717) is 11.6 Å². The number of hydrogen-bond acceptors (Lipinski definition) is 4. The van der Waals surface area contributed by atoms with Crippen molar-refractivity contribution in [2.75, 3.05) is 18.0 Å². The third-order valence-corrected chi connectivity index (χ3v) is 3.65. The van der Waals surface area contributed by atoms with Crippen molar-refractivity contribution in [2.45, 2.75) is 25.3 Å². The van der Waals surface area contributed by atoms with Crippen LogP contribution in [-0.2, 0) is 0 Å². The van der Waals surface area contributed by atoms with E-state index < -0.39 is 4.92 Å². The average molecular weight is 270 g/mol. The summed E-state index contributed by atoms with van der Waals surface area (Å²) in [5, 5.41) is 11.1. The molecule has 1 aliphatic rings. The van der Waals surface area contributed by atoms with E-state index in [0.717, 1.165) is 25.1 Å². The molecule has 18 heavy (non-hydrogen) atoms. The van der Waals surface area contributed by atoms with Gasteiger partial charge in [0, 0.05) is 31.3 Å². The van der Waals surface area contributed by atoms with Crippen LogP contribution < -0.4 is 10.6 Å². The Morgan fingerprint density at radius 2 is 2.28 bits per heavy atom. The standard InChI is InChI=1S/C12H16ClN3O2/c13-11-7-9(16(17)18)4-5-12(11)15-6-2-1-3-10(15)8-14/h4-5,7,10H,1-3,6,8,14H2. The molecule has 6 heteroatoms. The van der Waals surface area contributed by atoms with Crippen molar-refractivity contribution < 1.29 is 4.92 Å². The fourth-order valence-corrected chi connectivity index (χ4v) is 2.69. The first-order valence-corrected chi connectivity index (χ1v) is 6.42. The summed E-state index contributed by atoms with van der Waals surface area (Å²) in [6.07, 6.45) is 3.32. The van der Waals surface area contributed by atoms with Crippen LogP contribution in [0.25, 0.3) is 0 Å². The Morgan fingerprint density at radius 3 is 2.89 bits per heavy atom. The zero-order valence-electron chi connectivity index (χ0n) is 10.0. The van der Waals surface area contributed by atoms with Gasteiger partial charge in [0.1, 0.15) is 0 Å². The van der Waals surface area contributed by atoms with Gasteiger partial charge >= 0.3 is 0 Å². The Morgan fingerprint density at radius 1 is 1.50 bits per heavy atom. The molecule has 2 N–H and O–H groups in total. The minimum absolute atomic E-state index is 0.0186. The van der Waals surface area contributed by atoms with Crippen molar-refractivity contribution in [2.24, 2.45) is 5.73 Å². The second kappa shape index (κ2) is 5.54. The lowest BCUT2D eigenvalue weighted by Crippen LogP contribution is -2.44. The van der Waals surface area contributed by atoms with E-state index in [-0.39, 0.29) is 11.7 Å². The van der Waals surface area contributed by atoms with Gasteiger partial charge in [-0.15, -0.1) is 0 Å². The number of hydrogen-bond donors (Lipinski definition) is 1. The van der Waals surface area contributed by atoms with Crippen LogP contribution in [0.4, 0.5) is 11.4 Å². The fourth-order valence-electron chi connectivity index (χ4n) is 2.41. The van der Waals surface area contributed by atoms with E-state index in [2.05, 4.69) is 4.90 Å². The quantitative estimate of drug-likeness (QED) is 0.676. The summed E-state index contributed by atoms with van der Waals surface area (Å²) in [7, 11) is 0. The number of benzene rings is 1. The molecule has 1 fully saturated rings. The number of halogens is 1. The first kappa shape index (κ1) is 13.1. The summed E-state index contributed by atoms with van der Waals surface area (Å²) in [6.45, 7) is 1.48. The molecule has 0 spiro atoms. The summed E-state index contributed by atoms with van der Waals surface area (Å²) in [4.78, 5) is 12.4. The molecule has 2 rings (SSSR count). The zero-order valence-corrected chi connectivity index (χ0v) is 10.8. The van der Waals surface area contributed by atoms with Gasteiger partial charge in [0.05, 0.1) is 15.6 Å². The topological polar surface area (TPSA) is 72.4 Å². The summed E-state index contributed by atoms with van der Waals surface area (Å²) in [6, 6.07) is 4.88. The van der Waals surface area contributed by atoms with E-state index in [1.807, 2.05) is 0 Å². The highest BCUT2D eigenvalue weighted by Gasteiger charge is 2.23. The number of nitrogens with zero attached hydrogens (tertiary/aromatic N) is 2. The molecule has 1 heterocycles. The lowest BCUT2D eigenvalue weighted by atomic mass is 10.0. The molecule has 1 atom stereocenters. The molecule has 0 bridgehead atoms. The maximum Gasteiger partial charge on any atom is 0.271 e. The van der Waals surface area contributed by atoms with Crippen LogP contribution in [0.2, 0.25) is 5.02 Å². The van der Waals surface area contributed by atoms with Crippen LogP contribution >= 0.6 is 11.6 Å². The molecule has 1 unspecified atom stereocenters. The van der Waals surface area contributed by atoms with Gasteiger partial charge in [-0.25, -0.2) is 0 Å². The first-order chi connectivity index (χ1) is 8.63. The summed E-state index contributed by atoms with van der Waals surface area (Å²) in [5.74, 6) is 0. The van der Waals surface area contributed by atoms with Crippen LogP contribution in [-0.4, -0.2) is 24.1 Å². The van der Waals surface area contributed by atoms with Crippen LogP contribution in [0, 0.1) is 10.1 Å². The Balaban J connectivity index is 2.29. The van der Waals surface area contributed by atoms with Crippen molar-refractivity contribution in [3.8, 4) is 0 Å². The molecule has 1 aromatic carbocycles. The Kier molecular flexibility index (Phi) is 4.04. The van der Waals surface area contributed by atoms with Gasteiger partial charge < -0.3 is 10.6 Å². The van der Waals surface area contributed by atoms with E-state index in [4.69, 9.17) is 17.3 Å². The summed E-state index contributed by atoms with van der Waals surface area (Å²) >= 11 is 6.14. The number of piperidine rings is 1. The predicted molar refractivity (Wildman–Crippen MR) is 72.1 cm³/mol. The van der Waals surface area contributed by atoms with Gasteiger partial charge in [0.25, 0.3) is 5.69 Å². The molecule has 0 radical (unpaired) electrons. The van der Waals surface area contributed by atoms with Gasteiger partial charge in [-0.1, -0.05) is 11.6 Å². The second-order valence-corrected chi connectivity index (χ2v) is 4.88. The van der Waals surface area contributed by atoms with E-state index in [1.165, 1.54) is 18.6 Å². The SMILES string of the molecule is NCC1CCCCN1c1ccc([N+](=O)[O-])cc1Cl. The monoisotopic (exact) mass is 269 g/mol. The first-order valence-electron chi connectivity index (χ1n) is 6.04. The third-order valence-electron chi connectivity index (χ3n) is 3.35. The van der Waals surface area contributed by atoms with Gasteiger partial charge in [-0.2, -0.15) is 0 Å². The lowest BCUT2D eigenvalue weighted by molar-refractivity contribution is -0.384. The van der Waals surface area contributed by atoms with Gasteiger partial charge in [0.2, 0.25) is 0 Å². The molecule has 1 saturated heterocycles. The van der Waals surface area contributed by atoms with Gasteiger partial charge in [-0.3, -0.25) is 10.1 Å². The van der Waals surface area contributed by atoms with E-state index in [1.54, 1.807) is 6.07 Å². The molecular weight excluding hydrogens is 254 g/mol. The lowest BCUT2D eigenvalue weighted by Gasteiger charge is -2.37. The highest BCUT2D eigenvalue weighted by Crippen LogP contribution is 2.33. The Bertz CT molecular complexity index is 453. The Hall–Kier alpha value is -1.33. The molecule has 0 aliphatic carbocycles. The number of non-ortho nitro benzene ring substituents is 1. The molecule has 0 amide bonds. The summed E-state index contributed by atoms with van der Waals surface area (Å²) in [5.41, 5.74) is 6.63. The van der Waals surface area contributed by atoms with Crippen LogP contribution in [0.15, 0.2) is 18.2 Å². The zero-order chi connectivity index (χ0) is 13.1. The molecular formula is C12H16ClN3O2. The molecule has 0 saturated carbocycles. The fraction of sp³-hybridized carbons (Fsp3) is 0.500. The molecule has 98 valence electrons. The third kappa shape index (κ3) is 2.57. The van der Waals surface area contributed by atoms with Crippen molar-refractivity contribution in [3.05, 3.63) is 33.3 Å². The second-order valence-electron chi connectivity index (χ2n) is 4.47. The highest BCUT2D eigenvalue weighted by atomic mass is 35.5. The highest BCUT2D eigenvalue weighted by molar-refractivity contribution is 6.33. The predicted octanol–water partition coefficient (Wildman–Crippen LogP) is 2.57. The van der Waals surface area contributed by atoms with Crippen LogP contribution in [0.3, 0.4) is 0 Å². The molecule has 1 aliphatic heterocycles. The van der Waals surface area contributed by atoms with Gasteiger partial charge in [0.15, 0.2) is 0 Å². The van der Waals surface area contributed by atoms with Crippen molar-refractivity contribution in [1.29, 1.82) is 0 Å².